The van der Waals surface area contributed by atoms with E-state index in [-0.39, 0.29) is 21.7 Å². The molecule has 0 bridgehead atoms. The summed E-state index contributed by atoms with van der Waals surface area (Å²) in [7, 11) is 0. The van der Waals surface area contributed by atoms with Crippen LogP contribution in [0.2, 0.25) is 0 Å². The van der Waals surface area contributed by atoms with Crippen molar-refractivity contribution in [3.8, 4) is 56.4 Å². The number of hydrogen-bond acceptors (Lipinski definition) is 3. The molecule has 0 atom stereocenters. The lowest BCUT2D eigenvalue weighted by Crippen LogP contribution is -2.25. The Hall–Kier alpha value is -5.67. The molecule has 7 aromatic rings. The van der Waals surface area contributed by atoms with E-state index in [2.05, 4.69) is 210 Å². The lowest BCUT2D eigenvalue weighted by atomic mass is 9.70. The molecule has 9 rings (SSSR count). The minimum absolute atomic E-state index is 0.0610. The van der Waals surface area contributed by atoms with Gasteiger partial charge >= 0.3 is 0 Å². The molecule has 296 valence electrons. The SMILES string of the molecule is CC(C)(C)c1cc(-c2nc(-c3cc(C(C)(C)C)cc(C(C)(C)C)c3)nc(-c3ccc4c(c3)C3(c5ccccc5-c5ccccc53)c3ccccc3-4)n2)cc(C(C)(C)C)c1. The van der Waals surface area contributed by atoms with Gasteiger partial charge in [-0.2, -0.15) is 0 Å². The molecular formula is C56H57N3. The van der Waals surface area contributed by atoms with Gasteiger partial charge in [-0.1, -0.05) is 180 Å². The van der Waals surface area contributed by atoms with Gasteiger partial charge in [0.2, 0.25) is 0 Å². The van der Waals surface area contributed by atoms with Crippen molar-refractivity contribution in [2.24, 2.45) is 0 Å². The molecule has 0 amide bonds. The first-order valence-corrected chi connectivity index (χ1v) is 21.3. The van der Waals surface area contributed by atoms with Gasteiger partial charge in [0.15, 0.2) is 17.5 Å². The Morgan fingerprint density at radius 1 is 0.305 bits per heavy atom. The summed E-state index contributed by atoms with van der Waals surface area (Å²) in [6.07, 6.45) is 0. The van der Waals surface area contributed by atoms with E-state index in [0.29, 0.717) is 17.5 Å². The normalized spacial score (nSPS) is 14.2. The highest BCUT2D eigenvalue weighted by molar-refractivity contribution is 5.95. The van der Waals surface area contributed by atoms with Gasteiger partial charge in [-0.15, -0.1) is 0 Å². The molecule has 0 radical (unpaired) electrons. The fourth-order valence-corrected chi connectivity index (χ4v) is 9.24. The van der Waals surface area contributed by atoms with Crippen molar-refractivity contribution in [1.82, 2.24) is 15.0 Å². The van der Waals surface area contributed by atoms with Crippen LogP contribution < -0.4 is 0 Å². The summed E-state index contributed by atoms with van der Waals surface area (Å²) in [5.74, 6) is 2.06. The first-order chi connectivity index (χ1) is 27.7. The van der Waals surface area contributed by atoms with Gasteiger partial charge in [0, 0.05) is 16.7 Å². The van der Waals surface area contributed by atoms with Crippen LogP contribution in [-0.2, 0) is 27.1 Å². The zero-order valence-corrected chi connectivity index (χ0v) is 37.0. The number of fused-ring (bicyclic) bond motifs is 10. The van der Waals surface area contributed by atoms with Crippen molar-refractivity contribution >= 4 is 0 Å². The Morgan fingerprint density at radius 3 is 0.949 bits per heavy atom. The molecule has 3 heteroatoms. The van der Waals surface area contributed by atoms with Crippen molar-refractivity contribution in [2.45, 2.75) is 110 Å². The zero-order chi connectivity index (χ0) is 41.9. The average molecular weight is 772 g/mol. The Balaban J connectivity index is 1.34. The third-order valence-corrected chi connectivity index (χ3v) is 12.7. The standard InChI is InChI=1S/C56H57N3/c1-52(2,3)37-27-35(28-38(32-37)53(4,5)6)50-57-49(58-51(59-50)36-29-39(54(7,8)9)33-40(30-36)55(10,11)12)34-25-26-44-43-21-15-18-24-47(43)56(48(44)31-34)45-22-16-13-19-41(45)42-20-14-17-23-46(42)56/h13-33H,1-12H3. The lowest BCUT2D eigenvalue weighted by molar-refractivity contribution is 0.568. The van der Waals surface area contributed by atoms with Crippen LogP contribution in [0.3, 0.4) is 0 Å². The van der Waals surface area contributed by atoms with Crippen LogP contribution in [0.5, 0.6) is 0 Å². The predicted octanol–water partition coefficient (Wildman–Crippen LogP) is 14.4. The topological polar surface area (TPSA) is 38.7 Å². The molecular weight excluding hydrogens is 715 g/mol. The second-order valence-corrected chi connectivity index (χ2v) is 21.1. The molecule has 1 aromatic heterocycles. The van der Waals surface area contributed by atoms with Gasteiger partial charge in [-0.3, -0.25) is 0 Å². The van der Waals surface area contributed by atoms with Crippen LogP contribution in [-0.4, -0.2) is 15.0 Å². The molecule has 59 heavy (non-hydrogen) atoms. The van der Waals surface area contributed by atoms with Gasteiger partial charge in [0.25, 0.3) is 0 Å². The van der Waals surface area contributed by atoms with Crippen LogP contribution in [0.15, 0.2) is 127 Å². The van der Waals surface area contributed by atoms with Gasteiger partial charge < -0.3 is 0 Å². The maximum atomic E-state index is 5.44. The van der Waals surface area contributed by atoms with E-state index >= 15 is 0 Å². The van der Waals surface area contributed by atoms with Gasteiger partial charge in [0.05, 0.1) is 5.41 Å². The molecule has 0 fully saturated rings. The van der Waals surface area contributed by atoms with Crippen LogP contribution in [0, 0.1) is 0 Å². The number of rotatable bonds is 3. The Bertz CT molecular complexity index is 2590. The van der Waals surface area contributed by atoms with Crippen molar-refractivity contribution < 1.29 is 0 Å². The summed E-state index contributed by atoms with van der Waals surface area (Å²) < 4.78 is 0. The molecule has 2 aliphatic carbocycles. The lowest BCUT2D eigenvalue weighted by Gasteiger charge is -2.30. The maximum Gasteiger partial charge on any atom is 0.164 e. The third-order valence-electron chi connectivity index (χ3n) is 12.7. The van der Waals surface area contributed by atoms with Gasteiger partial charge in [-0.05, 0) is 119 Å². The minimum atomic E-state index is -0.459. The monoisotopic (exact) mass is 771 g/mol. The van der Waals surface area contributed by atoms with Crippen molar-refractivity contribution in [3.63, 3.8) is 0 Å². The number of benzene rings is 6. The third kappa shape index (κ3) is 6.36. The smallest absolute Gasteiger partial charge is 0.164 e. The Labute approximate surface area is 352 Å². The fraction of sp³-hybridized carbons (Fsp3) is 0.304. The molecule has 1 spiro atoms. The van der Waals surface area contributed by atoms with E-state index in [1.165, 1.54) is 66.8 Å². The molecule has 0 saturated heterocycles. The summed E-state index contributed by atoms with van der Waals surface area (Å²) in [5.41, 5.74) is 17.7. The first-order valence-electron chi connectivity index (χ1n) is 21.3. The number of aromatic nitrogens is 3. The van der Waals surface area contributed by atoms with Crippen molar-refractivity contribution in [3.05, 3.63) is 172 Å². The Morgan fingerprint density at radius 2 is 0.610 bits per heavy atom. The number of hydrogen-bond donors (Lipinski definition) is 0. The average Bonchev–Trinajstić information content (AvgIpc) is 3.66. The Kier molecular flexibility index (Phi) is 8.66. The molecule has 2 aliphatic rings. The summed E-state index contributed by atoms with van der Waals surface area (Å²) in [6.45, 7) is 27.4. The molecule has 3 nitrogen and oxygen atoms in total. The van der Waals surface area contributed by atoms with Crippen molar-refractivity contribution in [1.29, 1.82) is 0 Å². The maximum absolute atomic E-state index is 5.44. The highest BCUT2D eigenvalue weighted by Gasteiger charge is 2.51. The van der Waals surface area contributed by atoms with Crippen LogP contribution in [0.1, 0.15) is 128 Å². The molecule has 6 aromatic carbocycles. The van der Waals surface area contributed by atoms with Gasteiger partial charge in [0.1, 0.15) is 0 Å². The van der Waals surface area contributed by atoms with E-state index < -0.39 is 5.41 Å². The molecule has 0 saturated carbocycles. The van der Waals surface area contributed by atoms with Crippen LogP contribution in [0.4, 0.5) is 0 Å². The predicted molar refractivity (Wildman–Crippen MR) is 247 cm³/mol. The molecule has 0 unspecified atom stereocenters. The van der Waals surface area contributed by atoms with Crippen LogP contribution >= 0.6 is 0 Å². The minimum Gasteiger partial charge on any atom is -0.208 e. The quantitative estimate of drug-likeness (QED) is 0.180. The van der Waals surface area contributed by atoms with E-state index in [9.17, 15) is 0 Å². The molecule has 0 aliphatic heterocycles. The largest absolute Gasteiger partial charge is 0.208 e. The second-order valence-electron chi connectivity index (χ2n) is 21.1. The van der Waals surface area contributed by atoms with Gasteiger partial charge in [-0.25, -0.2) is 15.0 Å². The van der Waals surface area contributed by atoms with E-state index in [1.807, 2.05) is 0 Å². The fourth-order valence-electron chi connectivity index (χ4n) is 9.24. The van der Waals surface area contributed by atoms with E-state index in [1.54, 1.807) is 0 Å². The van der Waals surface area contributed by atoms with Crippen molar-refractivity contribution in [2.75, 3.05) is 0 Å². The van der Waals surface area contributed by atoms with Crippen LogP contribution in [0.25, 0.3) is 56.4 Å². The molecule has 0 N–H and O–H groups in total. The molecule has 1 heterocycles. The highest BCUT2D eigenvalue weighted by Crippen LogP contribution is 2.63. The van der Waals surface area contributed by atoms with E-state index in [4.69, 9.17) is 15.0 Å². The summed E-state index contributed by atoms with van der Waals surface area (Å²) >= 11 is 0. The van der Waals surface area contributed by atoms with E-state index in [0.717, 1.165) is 16.7 Å². The zero-order valence-electron chi connectivity index (χ0n) is 37.0. The summed E-state index contributed by atoms with van der Waals surface area (Å²) in [5, 5.41) is 0. The first kappa shape index (κ1) is 38.8. The summed E-state index contributed by atoms with van der Waals surface area (Å²) in [4.78, 5) is 16.3. The second kappa shape index (κ2) is 13.2. The summed E-state index contributed by atoms with van der Waals surface area (Å²) in [6, 6.07) is 47.8. The highest BCUT2D eigenvalue weighted by atomic mass is 15.0. The number of nitrogens with zero attached hydrogens (tertiary/aromatic N) is 3.